The molecule has 17 heavy (non-hydrogen) atoms. The van der Waals surface area contributed by atoms with E-state index in [2.05, 4.69) is 27.9 Å². The third-order valence-electron chi connectivity index (χ3n) is 2.24. The number of halogens is 3. The first kappa shape index (κ1) is 12.8. The summed E-state index contributed by atoms with van der Waals surface area (Å²) < 4.78 is 1.01. The van der Waals surface area contributed by atoms with Crippen molar-refractivity contribution in [3.63, 3.8) is 0 Å². The summed E-state index contributed by atoms with van der Waals surface area (Å²) in [5, 5.41) is 4.51. The van der Waals surface area contributed by atoms with Crippen molar-refractivity contribution in [3.8, 4) is 0 Å². The molecular weight excluding hydrogens is 370 g/mol. The highest BCUT2D eigenvalue weighted by Gasteiger charge is 2.07. The van der Waals surface area contributed by atoms with Gasteiger partial charge in [-0.15, -0.1) is 0 Å². The summed E-state index contributed by atoms with van der Waals surface area (Å²) >= 11 is 14.2. The number of nitrogens with one attached hydrogen (secondary N) is 1. The first-order chi connectivity index (χ1) is 8.08. The molecule has 0 aliphatic rings. The van der Waals surface area contributed by atoms with Crippen molar-refractivity contribution < 1.29 is 0 Å². The topological polar surface area (TPSA) is 38.0 Å². The van der Waals surface area contributed by atoms with Crippen LogP contribution in [0.5, 0.6) is 0 Å². The highest BCUT2D eigenvalue weighted by atomic mass is 127. The Morgan fingerprint density at radius 3 is 2.53 bits per heavy atom. The van der Waals surface area contributed by atoms with Crippen LogP contribution >= 0.6 is 45.8 Å². The summed E-state index contributed by atoms with van der Waals surface area (Å²) in [7, 11) is 0. The molecule has 0 fully saturated rings. The van der Waals surface area contributed by atoms with E-state index in [1.807, 2.05) is 24.3 Å². The van der Waals surface area contributed by atoms with Gasteiger partial charge >= 0.3 is 0 Å². The first-order valence-electron chi connectivity index (χ1n) is 4.84. The van der Waals surface area contributed by atoms with E-state index < -0.39 is 0 Å². The Balaban J connectivity index is 2.38. The molecule has 88 valence electrons. The Bertz CT molecular complexity index is 538. The number of anilines is 3. The van der Waals surface area contributed by atoms with Crippen molar-refractivity contribution in [3.05, 3.63) is 50.0 Å². The minimum Gasteiger partial charge on any atom is -0.397 e. The number of nitrogens with two attached hydrogens (primary N) is 1. The van der Waals surface area contributed by atoms with E-state index in [1.54, 1.807) is 12.1 Å². The summed E-state index contributed by atoms with van der Waals surface area (Å²) in [4.78, 5) is 0. The summed E-state index contributed by atoms with van der Waals surface area (Å²) in [6.07, 6.45) is 0. The summed E-state index contributed by atoms with van der Waals surface area (Å²) in [6, 6.07) is 11.0. The molecule has 2 rings (SSSR count). The molecule has 0 atom stereocenters. The van der Waals surface area contributed by atoms with Crippen LogP contribution in [0.2, 0.25) is 10.0 Å². The molecule has 0 radical (unpaired) electrons. The second-order valence-electron chi connectivity index (χ2n) is 3.45. The molecule has 5 heteroatoms. The predicted molar refractivity (Wildman–Crippen MR) is 83.3 cm³/mol. The van der Waals surface area contributed by atoms with Gasteiger partial charge < -0.3 is 11.1 Å². The number of para-hydroxylation sites is 1. The third-order valence-corrected chi connectivity index (χ3v) is 3.68. The lowest BCUT2D eigenvalue weighted by molar-refractivity contribution is 1.52. The van der Waals surface area contributed by atoms with Gasteiger partial charge in [-0.2, -0.15) is 0 Å². The molecule has 0 unspecified atom stereocenters. The average Bonchev–Trinajstić information content (AvgIpc) is 2.26. The summed E-state index contributed by atoms with van der Waals surface area (Å²) in [5.41, 5.74) is 8.13. The number of rotatable bonds is 2. The van der Waals surface area contributed by atoms with Crippen molar-refractivity contribution >= 4 is 62.9 Å². The van der Waals surface area contributed by atoms with Gasteiger partial charge in [-0.3, -0.25) is 0 Å². The van der Waals surface area contributed by atoms with Gasteiger partial charge in [-0.1, -0.05) is 29.3 Å². The first-order valence-corrected chi connectivity index (χ1v) is 6.67. The van der Waals surface area contributed by atoms with E-state index in [-0.39, 0.29) is 0 Å². The van der Waals surface area contributed by atoms with Crippen LogP contribution in [0.3, 0.4) is 0 Å². The van der Waals surface area contributed by atoms with E-state index in [1.165, 1.54) is 0 Å². The van der Waals surface area contributed by atoms with E-state index in [0.717, 1.165) is 14.9 Å². The summed E-state index contributed by atoms with van der Waals surface area (Å²) in [5.74, 6) is 0. The normalized spacial score (nSPS) is 10.3. The van der Waals surface area contributed by atoms with Crippen LogP contribution in [0.15, 0.2) is 36.4 Å². The van der Waals surface area contributed by atoms with Crippen LogP contribution < -0.4 is 11.1 Å². The molecule has 0 heterocycles. The van der Waals surface area contributed by atoms with Crippen molar-refractivity contribution in [2.24, 2.45) is 0 Å². The SMILES string of the molecule is Nc1cccc(Cl)c1Nc1ccc(Cl)cc1I. The van der Waals surface area contributed by atoms with Gasteiger partial charge in [0.2, 0.25) is 0 Å². The second kappa shape index (κ2) is 5.33. The highest BCUT2D eigenvalue weighted by molar-refractivity contribution is 14.1. The minimum absolute atomic E-state index is 0.593. The van der Waals surface area contributed by atoms with Crippen molar-refractivity contribution in [2.75, 3.05) is 11.1 Å². The maximum atomic E-state index is 6.09. The molecule has 3 N–H and O–H groups in total. The monoisotopic (exact) mass is 378 g/mol. The van der Waals surface area contributed by atoms with Crippen molar-refractivity contribution in [1.29, 1.82) is 0 Å². The van der Waals surface area contributed by atoms with Crippen LogP contribution in [0.4, 0.5) is 17.1 Å². The molecule has 2 aromatic carbocycles. The standard InChI is InChI=1S/C12H9Cl2IN2/c13-7-4-5-11(9(15)6-7)17-12-8(14)2-1-3-10(12)16/h1-6,17H,16H2. The average molecular weight is 379 g/mol. The Kier molecular flexibility index (Phi) is 4.01. The second-order valence-corrected chi connectivity index (χ2v) is 5.46. The number of hydrogen-bond donors (Lipinski definition) is 2. The molecule has 0 saturated carbocycles. The predicted octanol–water partition coefficient (Wildman–Crippen LogP) is 4.92. The largest absolute Gasteiger partial charge is 0.397 e. The van der Waals surface area contributed by atoms with Gasteiger partial charge in [0.05, 0.1) is 22.1 Å². The van der Waals surface area contributed by atoms with Crippen LogP contribution in [0.1, 0.15) is 0 Å². The molecule has 0 aliphatic carbocycles. The molecule has 2 nitrogen and oxygen atoms in total. The van der Waals surface area contributed by atoms with Gasteiger partial charge in [0, 0.05) is 8.59 Å². The molecule has 0 spiro atoms. The lowest BCUT2D eigenvalue weighted by atomic mass is 10.2. The van der Waals surface area contributed by atoms with E-state index in [4.69, 9.17) is 28.9 Å². The Morgan fingerprint density at radius 1 is 1.12 bits per heavy atom. The van der Waals surface area contributed by atoms with Crippen LogP contribution in [0.25, 0.3) is 0 Å². The molecule has 0 aromatic heterocycles. The van der Waals surface area contributed by atoms with Gasteiger partial charge in [-0.25, -0.2) is 0 Å². The fraction of sp³-hybridized carbons (Fsp3) is 0. The molecule has 0 saturated heterocycles. The van der Waals surface area contributed by atoms with Gasteiger partial charge in [-0.05, 0) is 52.9 Å². The van der Waals surface area contributed by atoms with Crippen LogP contribution in [-0.4, -0.2) is 0 Å². The van der Waals surface area contributed by atoms with Crippen molar-refractivity contribution in [2.45, 2.75) is 0 Å². The Morgan fingerprint density at radius 2 is 1.88 bits per heavy atom. The molecule has 0 amide bonds. The van der Waals surface area contributed by atoms with Crippen molar-refractivity contribution in [1.82, 2.24) is 0 Å². The zero-order valence-electron chi connectivity index (χ0n) is 8.68. The number of nitrogen functional groups attached to an aromatic ring is 1. The smallest absolute Gasteiger partial charge is 0.0807 e. The molecular formula is C12H9Cl2IN2. The van der Waals surface area contributed by atoms with Gasteiger partial charge in [0.1, 0.15) is 0 Å². The zero-order valence-corrected chi connectivity index (χ0v) is 12.3. The fourth-order valence-electron chi connectivity index (χ4n) is 1.40. The van der Waals surface area contributed by atoms with E-state index in [0.29, 0.717) is 15.7 Å². The maximum Gasteiger partial charge on any atom is 0.0807 e. The van der Waals surface area contributed by atoms with E-state index >= 15 is 0 Å². The van der Waals surface area contributed by atoms with Crippen LogP contribution in [0, 0.1) is 3.57 Å². The lowest BCUT2D eigenvalue weighted by Gasteiger charge is -2.12. The Hall–Kier alpha value is -0.650. The highest BCUT2D eigenvalue weighted by Crippen LogP contribution is 2.33. The maximum absolute atomic E-state index is 6.09. The lowest BCUT2D eigenvalue weighted by Crippen LogP contribution is -1.98. The summed E-state index contributed by atoms with van der Waals surface area (Å²) in [6.45, 7) is 0. The number of benzene rings is 2. The molecule has 0 bridgehead atoms. The fourth-order valence-corrected chi connectivity index (χ4v) is 2.63. The molecule has 2 aromatic rings. The quantitative estimate of drug-likeness (QED) is 0.574. The Labute approximate surface area is 123 Å². The van der Waals surface area contributed by atoms with Crippen LogP contribution in [-0.2, 0) is 0 Å². The van der Waals surface area contributed by atoms with E-state index in [9.17, 15) is 0 Å². The number of hydrogen-bond acceptors (Lipinski definition) is 2. The van der Waals surface area contributed by atoms with Gasteiger partial charge in [0.25, 0.3) is 0 Å². The van der Waals surface area contributed by atoms with Gasteiger partial charge in [0.15, 0.2) is 0 Å². The zero-order chi connectivity index (χ0) is 12.4. The third kappa shape index (κ3) is 2.97. The molecule has 0 aliphatic heterocycles. The minimum atomic E-state index is 0.593.